The van der Waals surface area contributed by atoms with Crippen LogP contribution < -0.4 is 0 Å². The van der Waals surface area contributed by atoms with Crippen LogP contribution in [0.3, 0.4) is 0 Å². The van der Waals surface area contributed by atoms with Gasteiger partial charge in [-0.3, -0.25) is 4.90 Å². The van der Waals surface area contributed by atoms with Gasteiger partial charge >= 0.3 is 0 Å². The second kappa shape index (κ2) is 3.55. The van der Waals surface area contributed by atoms with Crippen LogP contribution in [0.15, 0.2) is 0 Å². The molecule has 0 aromatic rings. The van der Waals surface area contributed by atoms with E-state index in [9.17, 15) is 0 Å². The molecule has 1 fully saturated rings. The van der Waals surface area contributed by atoms with Crippen molar-refractivity contribution in [2.75, 3.05) is 20.2 Å². The Morgan fingerprint density at radius 3 is 2.27 bits per heavy atom. The predicted molar refractivity (Wildman–Crippen MR) is 46.7 cm³/mol. The van der Waals surface area contributed by atoms with Gasteiger partial charge in [-0.25, -0.2) is 0 Å². The van der Waals surface area contributed by atoms with Gasteiger partial charge in [0.05, 0.1) is 6.10 Å². The van der Waals surface area contributed by atoms with Crippen molar-refractivity contribution in [3.63, 3.8) is 0 Å². The summed E-state index contributed by atoms with van der Waals surface area (Å²) in [5.41, 5.74) is 0. The van der Waals surface area contributed by atoms with Gasteiger partial charge in [0, 0.05) is 26.2 Å². The first kappa shape index (κ1) is 9.01. The Bertz CT molecular complexity index is 125. The second-order valence-electron chi connectivity index (χ2n) is 3.80. The first-order valence-corrected chi connectivity index (χ1v) is 4.42. The SMILES string of the molecule is CO[C@@H]1CN(C(C)C)C[C@@H]1C. The number of ether oxygens (including phenoxy) is 1. The highest BCUT2D eigenvalue weighted by atomic mass is 16.5. The highest BCUT2D eigenvalue weighted by Crippen LogP contribution is 2.20. The molecule has 1 saturated heterocycles. The molecule has 1 aliphatic heterocycles. The summed E-state index contributed by atoms with van der Waals surface area (Å²) >= 11 is 0. The maximum absolute atomic E-state index is 5.36. The summed E-state index contributed by atoms with van der Waals surface area (Å²) in [6.07, 6.45) is 0.456. The van der Waals surface area contributed by atoms with Crippen molar-refractivity contribution in [2.24, 2.45) is 5.92 Å². The van der Waals surface area contributed by atoms with Crippen molar-refractivity contribution in [1.29, 1.82) is 0 Å². The van der Waals surface area contributed by atoms with Crippen molar-refractivity contribution in [3.05, 3.63) is 0 Å². The molecule has 0 unspecified atom stereocenters. The third kappa shape index (κ3) is 1.94. The van der Waals surface area contributed by atoms with Crippen LogP contribution in [0.5, 0.6) is 0 Å². The van der Waals surface area contributed by atoms with Gasteiger partial charge in [0.15, 0.2) is 0 Å². The fourth-order valence-corrected chi connectivity index (χ4v) is 1.70. The minimum atomic E-state index is 0.456. The molecule has 1 aliphatic rings. The predicted octanol–water partition coefficient (Wildman–Crippen LogP) is 1.36. The molecule has 2 atom stereocenters. The van der Waals surface area contributed by atoms with E-state index < -0.39 is 0 Å². The number of likely N-dealkylation sites (tertiary alicyclic amines) is 1. The first-order valence-electron chi connectivity index (χ1n) is 4.42. The molecule has 0 aromatic carbocycles. The molecule has 11 heavy (non-hydrogen) atoms. The molecule has 1 rings (SSSR count). The summed E-state index contributed by atoms with van der Waals surface area (Å²) in [4.78, 5) is 2.47. The molecule has 0 aromatic heterocycles. The fraction of sp³-hybridized carbons (Fsp3) is 1.00. The average molecular weight is 157 g/mol. The molecule has 0 N–H and O–H groups in total. The molecule has 1 heterocycles. The first-order chi connectivity index (χ1) is 5.15. The number of hydrogen-bond acceptors (Lipinski definition) is 2. The minimum absolute atomic E-state index is 0.456. The van der Waals surface area contributed by atoms with Gasteiger partial charge in [0.1, 0.15) is 0 Å². The van der Waals surface area contributed by atoms with Gasteiger partial charge in [-0.2, -0.15) is 0 Å². The van der Waals surface area contributed by atoms with Crippen LogP contribution in [0.25, 0.3) is 0 Å². The Labute approximate surface area is 69.5 Å². The van der Waals surface area contributed by atoms with Crippen molar-refractivity contribution in [2.45, 2.75) is 32.9 Å². The van der Waals surface area contributed by atoms with Gasteiger partial charge in [0.2, 0.25) is 0 Å². The molecule has 0 aliphatic carbocycles. The van der Waals surface area contributed by atoms with Crippen molar-refractivity contribution < 1.29 is 4.74 Å². The van der Waals surface area contributed by atoms with E-state index in [2.05, 4.69) is 25.7 Å². The third-order valence-electron chi connectivity index (χ3n) is 2.60. The quantitative estimate of drug-likeness (QED) is 0.600. The van der Waals surface area contributed by atoms with Crippen LogP contribution in [0.2, 0.25) is 0 Å². The van der Waals surface area contributed by atoms with Gasteiger partial charge in [-0.1, -0.05) is 6.92 Å². The zero-order valence-corrected chi connectivity index (χ0v) is 8.00. The van der Waals surface area contributed by atoms with Crippen LogP contribution in [0, 0.1) is 5.92 Å². The molecule has 0 spiro atoms. The van der Waals surface area contributed by atoms with E-state index in [1.807, 2.05) is 7.11 Å². The van der Waals surface area contributed by atoms with E-state index in [0.717, 1.165) is 6.54 Å². The lowest BCUT2D eigenvalue weighted by molar-refractivity contribution is 0.0817. The van der Waals surface area contributed by atoms with Crippen molar-refractivity contribution in [1.82, 2.24) is 4.90 Å². The Morgan fingerprint density at radius 2 is 2.00 bits per heavy atom. The standard InChI is InChI=1S/C9H19NO/c1-7(2)10-5-8(3)9(6-10)11-4/h7-9H,5-6H2,1-4H3/t8-,9+/m0/s1. The van der Waals surface area contributed by atoms with E-state index in [4.69, 9.17) is 4.74 Å². The molecule has 2 heteroatoms. The van der Waals surface area contributed by atoms with Crippen molar-refractivity contribution in [3.8, 4) is 0 Å². The smallest absolute Gasteiger partial charge is 0.0735 e. The van der Waals surface area contributed by atoms with Crippen molar-refractivity contribution >= 4 is 0 Å². The topological polar surface area (TPSA) is 12.5 Å². The highest BCUT2D eigenvalue weighted by molar-refractivity contribution is 4.83. The fourth-order valence-electron chi connectivity index (χ4n) is 1.70. The summed E-state index contributed by atoms with van der Waals surface area (Å²) in [7, 11) is 1.81. The number of hydrogen-bond donors (Lipinski definition) is 0. The van der Waals surface area contributed by atoms with E-state index in [1.165, 1.54) is 6.54 Å². The molecule has 0 saturated carbocycles. The Balaban J connectivity index is 2.43. The Kier molecular flexibility index (Phi) is 2.90. The molecular formula is C9H19NO. The van der Waals surface area contributed by atoms with Gasteiger partial charge in [0.25, 0.3) is 0 Å². The van der Waals surface area contributed by atoms with E-state index in [0.29, 0.717) is 18.1 Å². The number of nitrogens with zero attached hydrogens (tertiary/aromatic N) is 1. The number of rotatable bonds is 2. The minimum Gasteiger partial charge on any atom is -0.380 e. The number of methoxy groups -OCH3 is 1. The molecule has 0 bridgehead atoms. The van der Waals surface area contributed by atoms with Crippen LogP contribution >= 0.6 is 0 Å². The summed E-state index contributed by atoms with van der Waals surface area (Å²) in [6, 6.07) is 0.664. The summed E-state index contributed by atoms with van der Waals surface area (Å²) in [5.74, 6) is 0.697. The van der Waals surface area contributed by atoms with E-state index in [1.54, 1.807) is 0 Å². The molecule has 0 radical (unpaired) electrons. The van der Waals surface area contributed by atoms with Crippen LogP contribution in [0.1, 0.15) is 20.8 Å². The van der Waals surface area contributed by atoms with Crippen LogP contribution in [0.4, 0.5) is 0 Å². The lowest BCUT2D eigenvalue weighted by Crippen LogP contribution is -2.29. The lowest BCUT2D eigenvalue weighted by Gasteiger charge is -2.19. The van der Waals surface area contributed by atoms with E-state index in [-0.39, 0.29) is 0 Å². The third-order valence-corrected chi connectivity index (χ3v) is 2.60. The summed E-state index contributed by atoms with van der Waals surface area (Å²) in [5, 5.41) is 0. The summed E-state index contributed by atoms with van der Waals surface area (Å²) in [6.45, 7) is 9.04. The molecular weight excluding hydrogens is 138 g/mol. The largest absolute Gasteiger partial charge is 0.380 e. The Hall–Kier alpha value is -0.0800. The normalized spacial score (nSPS) is 33.5. The van der Waals surface area contributed by atoms with Crippen LogP contribution in [-0.2, 0) is 4.74 Å². The maximum atomic E-state index is 5.36. The van der Waals surface area contributed by atoms with E-state index >= 15 is 0 Å². The summed E-state index contributed by atoms with van der Waals surface area (Å²) < 4.78 is 5.36. The molecule has 2 nitrogen and oxygen atoms in total. The molecule has 0 amide bonds. The molecule has 66 valence electrons. The van der Waals surface area contributed by atoms with Gasteiger partial charge in [-0.15, -0.1) is 0 Å². The Morgan fingerprint density at radius 1 is 1.36 bits per heavy atom. The monoisotopic (exact) mass is 157 g/mol. The average Bonchev–Trinajstić information content (AvgIpc) is 2.31. The maximum Gasteiger partial charge on any atom is 0.0735 e. The van der Waals surface area contributed by atoms with Gasteiger partial charge in [-0.05, 0) is 19.8 Å². The van der Waals surface area contributed by atoms with Crippen LogP contribution in [-0.4, -0.2) is 37.2 Å². The zero-order valence-electron chi connectivity index (χ0n) is 8.00. The lowest BCUT2D eigenvalue weighted by atomic mass is 10.1. The zero-order chi connectivity index (χ0) is 8.43. The second-order valence-corrected chi connectivity index (χ2v) is 3.80. The van der Waals surface area contributed by atoms with Gasteiger partial charge < -0.3 is 4.74 Å². The highest BCUT2D eigenvalue weighted by Gasteiger charge is 2.30.